The van der Waals surface area contributed by atoms with E-state index in [0.717, 1.165) is 22.3 Å². The minimum Gasteiger partial charge on any atom is -0.445 e. The summed E-state index contributed by atoms with van der Waals surface area (Å²) < 4.78 is 10.7. The Balaban J connectivity index is 1.28. The van der Waals surface area contributed by atoms with Gasteiger partial charge in [-0.2, -0.15) is 0 Å². The van der Waals surface area contributed by atoms with Gasteiger partial charge in [0, 0.05) is 24.5 Å². The molecule has 0 radical (unpaired) electrons. The number of aryl methyl sites for hydroxylation is 2. The molecule has 0 fully saturated rings. The standard InChI is InChI=1S/C35H39ClN4O6/c1-24-10-9-13-25(20-24)17-18-29(39-31(41)16-7-8-19-37-35(44)46-22-26-11-3-2-4-12-26)32(42)34-40-30(23-45-34)33(43)38-21-27-14-5-6-15-28(27)36/h2-6,9-15,20,23,29,32,42H,7-8,16-19,21-22H2,1H3,(H,37,44)(H,38,43)(H,39,41)/t29-,32?/m0/s1. The van der Waals surface area contributed by atoms with Gasteiger partial charge >= 0.3 is 6.09 Å². The molecule has 0 aliphatic heterocycles. The van der Waals surface area contributed by atoms with Gasteiger partial charge in [-0.15, -0.1) is 0 Å². The van der Waals surface area contributed by atoms with Crippen LogP contribution in [0.15, 0.2) is 89.5 Å². The van der Waals surface area contributed by atoms with Crippen molar-refractivity contribution in [2.45, 2.75) is 64.3 Å². The van der Waals surface area contributed by atoms with E-state index in [0.29, 0.717) is 37.3 Å². The molecule has 4 rings (SSSR count). The molecular weight excluding hydrogens is 608 g/mol. The maximum atomic E-state index is 12.9. The predicted octanol–water partition coefficient (Wildman–Crippen LogP) is 5.81. The first kappa shape index (κ1) is 34.2. The summed E-state index contributed by atoms with van der Waals surface area (Å²) in [6.45, 7) is 2.74. The maximum absolute atomic E-state index is 12.9. The monoisotopic (exact) mass is 646 g/mol. The number of nitrogens with zero attached hydrogens (tertiary/aromatic N) is 1. The Morgan fingerprint density at radius 2 is 1.72 bits per heavy atom. The summed E-state index contributed by atoms with van der Waals surface area (Å²) in [5, 5.41) is 20.1. The number of benzene rings is 3. The summed E-state index contributed by atoms with van der Waals surface area (Å²) >= 11 is 6.17. The number of aliphatic hydroxyl groups excluding tert-OH is 1. The van der Waals surface area contributed by atoms with Gasteiger partial charge in [-0.1, -0.05) is 90.0 Å². The van der Waals surface area contributed by atoms with Gasteiger partial charge < -0.3 is 30.2 Å². The number of aromatic nitrogens is 1. The van der Waals surface area contributed by atoms with Crippen LogP contribution in [0.1, 0.15) is 70.4 Å². The molecule has 10 nitrogen and oxygen atoms in total. The number of rotatable bonds is 16. The van der Waals surface area contributed by atoms with E-state index >= 15 is 0 Å². The molecule has 0 aliphatic rings. The number of oxazole rings is 1. The molecular formula is C35H39ClN4O6. The van der Waals surface area contributed by atoms with Gasteiger partial charge in [-0.3, -0.25) is 9.59 Å². The van der Waals surface area contributed by atoms with Crippen molar-refractivity contribution in [2.24, 2.45) is 0 Å². The molecule has 0 saturated heterocycles. The lowest BCUT2D eigenvalue weighted by atomic mass is 9.99. The zero-order valence-electron chi connectivity index (χ0n) is 25.7. The van der Waals surface area contributed by atoms with Crippen LogP contribution in [0.3, 0.4) is 0 Å². The number of hydrogen-bond acceptors (Lipinski definition) is 7. The van der Waals surface area contributed by atoms with E-state index in [1.165, 1.54) is 6.26 Å². The fraction of sp³-hybridized carbons (Fsp3) is 0.314. The lowest BCUT2D eigenvalue weighted by molar-refractivity contribution is -0.123. The first-order valence-electron chi connectivity index (χ1n) is 15.2. The average Bonchev–Trinajstić information content (AvgIpc) is 3.56. The topological polar surface area (TPSA) is 143 Å². The van der Waals surface area contributed by atoms with Crippen LogP contribution in [0.5, 0.6) is 0 Å². The fourth-order valence-electron chi connectivity index (χ4n) is 4.76. The Kier molecular flexibility index (Phi) is 13.2. The molecule has 0 saturated carbocycles. The van der Waals surface area contributed by atoms with E-state index in [1.54, 1.807) is 18.2 Å². The molecule has 4 N–H and O–H groups in total. The van der Waals surface area contributed by atoms with Crippen LogP contribution < -0.4 is 16.0 Å². The van der Waals surface area contributed by atoms with Crippen LogP contribution in [0.25, 0.3) is 0 Å². The van der Waals surface area contributed by atoms with Gasteiger partial charge in [0.15, 0.2) is 11.8 Å². The van der Waals surface area contributed by atoms with E-state index in [9.17, 15) is 19.5 Å². The van der Waals surface area contributed by atoms with Crippen LogP contribution in [0.2, 0.25) is 5.02 Å². The number of aliphatic hydroxyl groups is 1. The number of amides is 3. The molecule has 11 heteroatoms. The highest BCUT2D eigenvalue weighted by Gasteiger charge is 2.28. The van der Waals surface area contributed by atoms with Crippen LogP contribution in [0.4, 0.5) is 4.79 Å². The molecule has 1 unspecified atom stereocenters. The second-order valence-corrected chi connectivity index (χ2v) is 11.3. The summed E-state index contributed by atoms with van der Waals surface area (Å²) in [6, 6.07) is 23.8. The highest BCUT2D eigenvalue weighted by molar-refractivity contribution is 6.31. The van der Waals surface area contributed by atoms with Gasteiger partial charge in [-0.25, -0.2) is 9.78 Å². The third-order valence-electron chi connectivity index (χ3n) is 7.27. The van der Waals surface area contributed by atoms with Crippen molar-refractivity contribution in [2.75, 3.05) is 6.54 Å². The molecule has 46 heavy (non-hydrogen) atoms. The second-order valence-electron chi connectivity index (χ2n) is 10.9. The van der Waals surface area contributed by atoms with Crippen molar-refractivity contribution in [3.8, 4) is 0 Å². The average molecular weight is 647 g/mol. The van der Waals surface area contributed by atoms with Gasteiger partial charge in [0.2, 0.25) is 11.8 Å². The first-order chi connectivity index (χ1) is 22.3. The van der Waals surface area contributed by atoms with Crippen molar-refractivity contribution in [1.29, 1.82) is 0 Å². The lowest BCUT2D eigenvalue weighted by Crippen LogP contribution is -2.40. The third kappa shape index (κ3) is 11.0. The minimum atomic E-state index is -1.29. The summed E-state index contributed by atoms with van der Waals surface area (Å²) in [6.07, 6.45) is 1.63. The third-order valence-corrected chi connectivity index (χ3v) is 7.64. The Morgan fingerprint density at radius 1 is 0.957 bits per heavy atom. The number of carbonyl (C=O) groups is 3. The van der Waals surface area contributed by atoms with E-state index in [1.807, 2.05) is 61.5 Å². The Hall–Kier alpha value is -4.67. The van der Waals surface area contributed by atoms with E-state index in [4.69, 9.17) is 20.8 Å². The summed E-state index contributed by atoms with van der Waals surface area (Å²) in [5.41, 5.74) is 3.81. The smallest absolute Gasteiger partial charge is 0.407 e. The summed E-state index contributed by atoms with van der Waals surface area (Å²) in [7, 11) is 0. The molecule has 0 aliphatic carbocycles. The highest BCUT2D eigenvalue weighted by atomic mass is 35.5. The first-order valence-corrected chi connectivity index (χ1v) is 15.6. The number of ether oxygens (including phenoxy) is 1. The number of nitrogens with one attached hydrogen (secondary N) is 3. The van der Waals surface area contributed by atoms with Gasteiger partial charge in [0.25, 0.3) is 5.91 Å². The van der Waals surface area contributed by atoms with Crippen molar-refractivity contribution >= 4 is 29.5 Å². The predicted molar refractivity (Wildman–Crippen MR) is 174 cm³/mol. The molecule has 2 atom stereocenters. The van der Waals surface area contributed by atoms with E-state index in [-0.39, 0.29) is 37.1 Å². The number of alkyl carbamates (subject to hydrolysis) is 1. The van der Waals surface area contributed by atoms with Crippen LogP contribution >= 0.6 is 11.6 Å². The molecule has 1 aromatic heterocycles. The molecule has 3 amide bonds. The Morgan fingerprint density at radius 3 is 2.50 bits per heavy atom. The van der Waals surface area contributed by atoms with Crippen molar-refractivity contribution in [1.82, 2.24) is 20.9 Å². The van der Waals surface area contributed by atoms with E-state index in [2.05, 4.69) is 27.0 Å². The Bertz CT molecular complexity index is 1580. The van der Waals surface area contributed by atoms with Crippen LogP contribution in [-0.4, -0.2) is 40.6 Å². The van der Waals surface area contributed by atoms with Crippen LogP contribution in [0, 0.1) is 6.92 Å². The lowest BCUT2D eigenvalue weighted by Gasteiger charge is -2.22. The number of unbranched alkanes of at least 4 members (excludes halogenated alkanes) is 1. The van der Waals surface area contributed by atoms with Crippen LogP contribution in [-0.2, 0) is 29.1 Å². The SMILES string of the molecule is Cc1cccc(CC[C@H](NC(=O)CCCCNC(=O)OCc2ccccc2)C(O)c2nc(C(=O)NCc3ccccc3Cl)co2)c1. The number of hydrogen-bond donors (Lipinski definition) is 4. The number of halogens is 1. The summed E-state index contributed by atoms with van der Waals surface area (Å²) in [5.74, 6) is -0.820. The fourth-order valence-corrected chi connectivity index (χ4v) is 4.96. The quantitative estimate of drug-likeness (QED) is 0.112. The maximum Gasteiger partial charge on any atom is 0.407 e. The van der Waals surface area contributed by atoms with E-state index < -0.39 is 24.1 Å². The zero-order chi connectivity index (χ0) is 32.7. The van der Waals surface area contributed by atoms with Gasteiger partial charge in [0.1, 0.15) is 12.9 Å². The molecule has 3 aromatic carbocycles. The van der Waals surface area contributed by atoms with Crippen molar-refractivity contribution in [3.05, 3.63) is 124 Å². The zero-order valence-corrected chi connectivity index (χ0v) is 26.5. The molecule has 0 bridgehead atoms. The normalized spacial score (nSPS) is 12.2. The molecule has 1 heterocycles. The largest absolute Gasteiger partial charge is 0.445 e. The second kappa shape index (κ2) is 17.7. The Labute approximate surface area is 273 Å². The van der Waals surface area contributed by atoms with Gasteiger partial charge in [-0.05, 0) is 55.4 Å². The van der Waals surface area contributed by atoms with Crippen molar-refractivity contribution < 1.29 is 28.6 Å². The minimum absolute atomic E-state index is 0.000315. The number of carbonyl (C=O) groups excluding carboxylic acids is 3. The molecule has 4 aromatic rings. The molecule has 242 valence electrons. The van der Waals surface area contributed by atoms with Crippen molar-refractivity contribution in [3.63, 3.8) is 0 Å². The summed E-state index contributed by atoms with van der Waals surface area (Å²) in [4.78, 5) is 41.8. The highest BCUT2D eigenvalue weighted by Crippen LogP contribution is 2.22. The van der Waals surface area contributed by atoms with Gasteiger partial charge in [0.05, 0.1) is 6.04 Å². The molecule has 0 spiro atoms.